The molecule has 1 atom stereocenters. The number of fused-ring (bicyclic) bond motifs is 1. The van der Waals surface area contributed by atoms with Gasteiger partial charge in [-0.1, -0.05) is 53.5 Å². The van der Waals surface area contributed by atoms with E-state index in [1.54, 1.807) is 18.2 Å². The van der Waals surface area contributed by atoms with Crippen LogP contribution < -0.4 is 16.8 Å². The topological polar surface area (TPSA) is 93.5 Å². The number of hydrogen-bond acceptors (Lipinski definition) is 2. The summed E-state index contributed by atoms with van der Waals surface area (Å²) in [7, 11) is 0. The number of benzene rings is 2. The molecule has 1 aliphatic rings. The summed E-state index contributed by atoms with van der Waals surface area (Å²) in [5, 5.41) is 5.28. The standard InChI is InChI=1S/C17H14Cl2N4O/c18-14-7-6-12(15(19)22-14)11-3-1-2-9-4-5-10(8-13(9)11)16(24)23-17(20)21/h1-8,15,22H,(H4,20,21,23,24). The van der Waals surface area contributed by atoms with Crippen molar-refractivity contribution in [2.75, 3.05) is 0 Å². The summed E-state index contributed by atoms with van der Waals surface area (Å²) in [5.74, 6) is -0.763. The van der Waals surface area contributed by atoms with Gasteiger partial charge in [0, 0.05) is 5.56 Å². The van der Waals surface area contributed by atoms with Crippen molar-refractivity contribution in [2.24, 2.45) is 16.5 Å². The third kappa shape index (κ3) is 3.22. The maximum absolute atomic E-state index is 12.1. The van der Waals surface area contributed by atoms with Crippen LogP contribution in [0.25, 0.3) is 16.3 Å². The maximum Gasteiger partial charge on any atom is 0.280 e. The molecule has 1 amide bonds. The van der Waals surface area contributed by atoms with Gasteiger partial charge in [-0.2, -0.15) is 4.99 Å². The lowest BCUT2D eigenvalue weighted by Gasteiger charge is -2.21. The summed E-state index contributed by atoms with van der Waals surface area (Å²) < 4.78 is 0. The predicted octanol–water partition coefficient (Wildman–Crippen LogP) is 2.89. The highest BCUT2D eigenvalue weighted by Crippen LogP contribution is 2.32. The van der Waals surface area contributed by atoms with Crippen LogP contribution in [0.5, 0.6) is 0 Å². The van der Waals surface area contributed by atoms with Crippen molar-refractivity contribution in [2.45, 2.75) is 5.50 Å². The first kappa shape index (κ1) is 16.4. The van der Waals surface area contributed by atoms with Crippen LogP contribution in [0.4, 0.5) is 0 Å². The van der Waals surface area contributed by atoms with Crippen molar-refractivity contribution < 1.29 is 4.79 Å². The number of nitrogens with zero attached hydrogens (tertiary/aromatic N) is 1. The first-order valence-electron chi connectivity index (χ1n) is 7.11. The average molecular weight is 361 g/mol. The number of nitrogens with one attached hydrogen (secondary N) is 1. The fourth-order valence-electron chi connectivity index (χ4n) is 2.56. The van der Waals surface area contributed by atoms with Crippen molar-refractivity contribution >= 4 is 51.4 Å². The van der Waals surface area contributed by atoms with Gasteiger partial charge in [0.05, 0.1) is 0 Å². The Labute approximate surface area is 148 Å². The number of allylic oxidation sites excluding steroid dienone is 2. The average Bonchev–Trinajstić information content (AvgIpc) is 2.53. The lowest BCUT2D eigenvalue weighted by atomic mass is 9.95. The zero-order valence-corrected chi connectivity index (χ0v) is 14.0. The predicted molar refractivity (Wildman–Crippen MR) is 98.8 cm³/mol. The van der Waals surface area contributed by atoms with E-state index in [1.807, 2.05) is 30.3 Å². The lowest BCUT2D eigenvalue weighted by molar-refractivity contribution is 0.100. The SMILES string of the molecule is NC(N)=NC(=O)c1ccc2cccc(C3=CC=C(Cl)NC3Cl)c2c1. The second kappa shape index (κ2) is 6.55. The van der Waals surface area contributed by atoms with Gasteiger partial charge in [0.15, 0.2) is 5.96 Å². The minimum atomic E-state index is -0.493. The molecule has 1 unspecified atom stereocenters. The molecule has 0 saturated carbocycles. The van der Waals surface area contributed by atoms with Gasteiger partial charge in [0.2, 0.25) is 0 Å². The van der Waals surface area contributed by atoms with Crippen molar-refractivity contribution in [3.8, 4) is 0 Å². The quantitative estimate of drug-likeness (QED) is 0.332. The summed E-state index contributed by atoms with van der Waals surface area (Å²) in [5.41, 5.74) is 12.2. The van der Waals surface area contributed by atoms with E-state index >= 15 is 0 Å². The van der Waals surface area contributed by atoms with Crippen LogP contribution in [0, 0.1) is 0 Å². The molecule has 2 aromatic rings. The van der Waals surface area contributed by atoms with Gasteiger partial charge in [0.1, 0.15) is 10.7 Å². The van der Waals surface area contributed by atoms with E-state index in [-0.39, 0.29) is 5.96 Å². The molecule has 0 aliphatic carbocycles. The van der Waals surface area contributed by atoms with Gasteiger partial charge in [-0.15, -0.1) is 0 Å². The van der Waals surface area contributed by atoms with E-state index in [1.165, 1.54) is 0 Å². The van der Waals surface area contributed by atoms with Crippen LogP contribution in [0.15, 0.2) is 58.7 Å². The highest BCUT2D eigenvalue weighted by atomic mass is 35.5. The van der Waals surface area contributed by atoms with Gasteiger partial charge in [-0.05, 0) is 40.1 Å². The fraction of sp³-hybridized carbons (Fsp3) is 0.0588. The highest BCUT2D eigenvalue weighted by molar-refractivity contribution is 6.32. The monoisotopic (exact) mass is 360 g/mol. The Kier molecular flexibility index (Phi) is 4.46. The molecule has 0 radical (unpaired) electrons. The Morgan fingerprint density at radius 3 is 2.67 bits per heavy atom. The van der Waals surface area contributed by atoms with Gasteiger partial charge >= 0.3 is 0 Å². The molecule has 1 aliphatic heterocycles. The second-order valence-electron chi connectivity index (χ2n) is 5.23. The van der Waals surface area contributed by atoms with Gasteiger partial charge in [-0.3, -0.25) is 4.79 Å². The second-order valence-corrected chi connectivity index (χ2v) is 6.07. The number of guanidine groups is 1. The molecule has 0 spiro atoms. The summed E-state index contributed by atoms with van der Waals surface area (Å²) in [6, 6.07) is 11.1. The Hall–Kier alpha value is -2.50. The van der Waals surface area contributed by atoms with Crippen LogP contribution >= 0.6 is 23.2 Å². The van der Waals surface area contributed by atoms with Gasteiger partial charge in [-0.25, -0.2) is 0 Å². The van der Waals surface area contributed by atoms with Crippen molar-refractivity contribution in [1.82, 2.24) is 5.32 Å². The van der Waals surface area contributed by atoms with Crippen molar-refractivity contribution in [3.05, 3.63) is 64.8 Å². The number of dihydropyridines is 1. The molecule has 0 aromatic heterocycles. The molecule has 7 heteroatoms. The first-order chi connectivity index (χ1) is 11.5. The number of nitrogens with two attached hydrogens (primary N) is 2. The van der Waals surface area contributed by atoms with Crippen LogP contribution in [0.3, 0.4) is 0 Å². The van der Waals surface area contributed by atoms with Gasteiger partial charge < -0.3 is 16.8 Å². The van der Waals surface area contributed by atoms with E-state index in [0.29, 0.717) is 10.7 Å². The van der Waals surface area contributed by atoms with Crippen molar-refractivity contribution in [1.29, 1.82) is 0 Å². The number of amides is 1. The third-order valence-electron chi connectivity index (χ3n) is 3.62. The summed E-state index contributed by atoms with van der Waals surface area (Å²) in [4.78, 5) is 15.6. The summed E-state index contributed by atoms with van der Waals surface area (Å²) >= 11 is 12.3. The normalized spacial score (nSPS) is 16.8. The summed E-state index contributed by atoms with van der Waals surface area (Å²) in [6.07, 6.45) is 3.60. The van der Waals surface area contributed by atoms with E-state index in [0.717, 1.165) is 21.9 Å². The number of carbonyl (C=O) groups excluding carboxylic acids is 1. The zero-order chi connectivity index (χ0) is 17.3. The number of aliphatic imine (C=N–C) groups is 1. The maximum atomic E-state index is 12.1. The van der Waals surface area contributed by atoms with Crippen LogP contribution in [-0.4, -0.2) is 17.4 Å². The Balaban J connectivity index is 2.16. The molecule has 5 N–H and O–H groups in total. The molecule has 0 saturated heterocycles. The molecule has 0 bridgehead atoms. The number of halogens is 2. The summed E-state index contributed by atoms with van der Waals surface area (Å²) in [6.45, 7) is 0. The molecule has 2 aromatic carbocycles. The molecule has 0 fully saturated rings. The molecular formula is C17H14Cl2N4O. The zero-order valence-electron chi connectivity index (χ0n) is 12.5. The molecule has 24 heavy (non-hydrogen) atoms. The van der Waals surface area contributed by atoms with E-state index < -0.39 is 11.4 Å². The number of rotatable bonds is 2. The number of alkyl halides is 1. The van der Waals surface area contributed by atoms with Crippen LogP contribution in [0.2, 0.25) is 0 Å². The molecule has 5 nitrogen and oxygen atoms in total. The minimum Gasteiger partial charge on any atom is -0.370 e. The molecule has 1 heterocycles. The molecule has 122 valence electrons. The largest absolute Gasteiger partial charge is 0.370 e. The van der Waals surface area contributed by atoms with Gasteiger partial charge in [0.25, 0.3) is 5.91 Å². The molecular weight excluding hydrogens is 347 g/mol. The first-order valence-corrected chi connectivity index (χ1v) is 7.92. The minimum absolute atomic E-state index is 0.270. The van der Waals surface area contributed by atoms with E-state index in [4.69, 9.17) is 34.7 Å². The fourth-order valence-corrected chi connectivity index (χ4v) is 3.10. The van der Waals surface area contributed by atoms with Crippen molar-refractivity contribution in [3.63, 3.8) is 0 Å². The Morgan fingerprint density at radius 2 is 1.96 bits per heavy atom. The number of hydrogen-bond donors (Lipinski definition) is 3. The van der Waals surface area contributed by atoms with E-state index in [9.17, 15) is 4.79 Å². The van der Waals surface area contributed by atoms with Crippen LogP contribution in [0.1, 0.15) is 15.9 Å². The highest BCUT2D eigenvalue weighted by Gasteiger charge is 2.19. The van der Waals surface area contributed by atoms with E-state index in [2.05, 4.69) is 10.3 Å². The number of carbonyl (C=O) groups is 1. The lowest BCUT2D eigenvalue weighted by Crippen LogP contribution is -2.25. The van der Waals surface area contributed by atoms with Crippen LogP contribution in [-0.2, 0) is 0 Å². The molecule has 3 rings (SSSR count). The Bertz CT molecular complexity index is 914. The Morgan fingerprint density at radius 1 is 1.17 bits per heavy atom. The smallest absolute Gasteiger partial charge is 0.280 e. The third-order valence-corrected chi connectivity index (χ3v) is 4.20.